The molecule has 1 aliphatic rings. The van der Waals surface area contributed by atoms with Gasteiger partial charge in [0, 0.05) is 16.0 Å². The minimum absolute atomic E-state index is 0.132. The number of nitrogens with two attached hydrogens (primary N) is 1. The summed E-state index contributed by atoms with van der Waals surface area (Å²) >= 11 is 11.8. The Hall–Kier alpha value is -1.30. The van der Waals surface area contributed by atoms with E-state index in [9.17, 15) is 14.7 Å². The first-order chi connectivity index (χ1) is 9.74. The molecular formula is C14H15Cl2NO4. The van der Waals surface area contributed by atoms with Crippen LogP contribution in [0.5, 0.6) is 0 Å². The van der Waals surface area contributed by atoms with Crippen LogP contribution in [0, 0.1) is 11.8 Å². The summed E-state index contributed by atoms with van der Waals surface area (Å²) in [4.78, 5) is 22.4. The van der Waals surface area contributed by atoms with Gasteiger partial charge in [0.15, 0.2) is 0 Å². The van der Waals surface area contributed by atoms with E-state index < -0.39 is 29.3 Å². The van der Waals surface area contributed by atoms with Crippen LogP contribution >= 0.6 is 23.2 Å². The van der Waals surface area contributed by atoms with E-state index in [-0.39, 0.29) is 6.42 Å². The van der Waals surface area contributed by atoms with Crippen LogP contribution in [0.4, 0.5) is 0 Å². The summed E-state index contributed by atoms with van der Waals surface area (Å²) in [6.07, 6.45) is 0.799. The molecule has 3 atom stereocenters. The highest BCUT2D eigenvalue weighted by molar-refractivity contribution is 6.34. The van der Waals surface area contributed by atoms with Gasteiger partial charge >= 0.3 is 11.9 Å². The number of benzene rings is 1. The monoisotopic (exact) mass is 331 g/mol. The average molecular weight is 332 g/mol. The van der Waals surface area contributed by atoms with Gasteiger partial charge in [-0.05, 0) is 43.0 Å². The first kappa shape index (κ1) is 16.1. The third-order valence-corrected chi connectivity index (χ3v) is 4.35. The summed E-state index contributed by atoms with van der Waals surface area (Å²) in [5.74, 6) is -3.39. The van der Waals surface area contributed by atoms with E-state index in [2.05, 4.69) is 0 Å². The highest BCUT2D eigenvalue weighted by atomic mass is 35.5. The molecule has 3 unspecified atom stereocenters. The normalized spacial score (nSPS) is 23.4. The van der Waals surface area contributed by atoms with Crippen LogP contribution in [0.3, 0.4) is 0 Å². The third kappa shape index (κ3) is 3.48. The van der Waals surface area contributed by atoms with E-state index >= 15 is 0 Å². The summed E-state index contributed by atoms with van der Waals surface area (Å²) in [5, 5.41) is 19.2. The van der Waals surface area contributed by atoms with Crippen molar-refractivity contribution in [2.75, 3.05) is 0 Å². The van der Waals surface area contributed by atoms with Crippen molar-refractivity contribution in [3.63, 3.8) is 0 Å². The summed E-state index contributed by atoms with van der Waals surface area (Å²) < 4.78 is 0. The number of carbonyl (C=O) groups is 2. The van der Waals surface area contributed by atoms with Crippen molar-refractivity contribution in [2.24, 2.45) is 17.6 Å². The molecule has 0 amide bonds. The summed E-state index contributed by atoms with van der Waals surface area (Å²) in [7, 11) is 0. The lowest BCUT2D eigenvalue weighted by Gasteiger charge is -2.25. The largest absolute Gasteiger partial charge is 0.481 e. The van der Waals surface area contributed by atoms with Gasteiger partial charge in [0.2, 0.25) is 0 Å². The van der Waals surface area contributed by atoms with Crippen molar-refractivity contribution in [1.29, 1.82) is 0 Å². The zero-order valence-electron chi connectivity index (χ0n) is 11.1. The molecule has 0 saturated heterocycles. The van der Waals surface area contributed by atoms with Crippen molar-refractivity contribution in [2.45, 2.75) is 24.8 Å². The smallest absolute Gasteiger partial charge is 0.324 e. The second kappa shape index (κ2) is 5.83. The van der Waals surface area contributed by atoms with Gasteiger partial charge in [-0.25, -0.2) is 0 Å². The fraction of sp³-hybridized carbons (Fsp3) is 0.429. The zero-order chi connectivity index (χ0) is 15.8. The number of rotatable bonds is 6. The van der Waals surface area contributed by atoms with Crippen LogP contribution in [-0.4, -0.2) is 27.7 Å². The first-order valence-electron chi connectivity index (χ1n) is 6.44. The third-order valence-electron chi connectivity index (χ3n) is 3.92. The van der Waals surface area contributed by atoms with E-state index in [4.69, 9.17) is 34.0 Å². The molecule has 1 aromatic rings. The van der Waals surface area contributed by atoms with Gasteiger partial charge < -0.3 is 15.9 Å². The molecule has 0 aromatic heterocycles. The molecule has 1 aromatic carbocycles. The van der Waals surface area contributed by atoms with Gasteiger partial charge in [-0.1, -0.05) is 23.2 Å². The van der Waals surface area contributed by atoms with Gasteiger partial charge in [-0.2, -0.15) is 0 Å². The van der Waals surface area contributed by atoms with Crippen molar-refractivity contribution >= 4 is 35.1 Å². The van der Waals surface area contributed by atoms with Crippen molar-refractivity contribution in [3.05, 3.63) is 33.8 Å². The molecule has 0 radical (unpaired) electrons. The summed E-state index contributed by atoms with van der Waals surface area (Å²) in [6, 6.07) is 4.97. The molecule has 0 bridgehead atoms. The number of aliphatic carboxylic acids is 2. The van der Waals surface area contributed by atoms with Crippen LogP contribution in [0.15, 0.2) is 18.2 Å². The lowest BCUT2D eigenvalue weighted by atomic mass is 9.86. The molecule has 5 nitrogen and oxygen atoms in total. The topological polar surface area (TPSA) is 101 Å². The maximum atomic E-state index is 11.5. The molecule has 0 spiro atoms. The number of halogens is 2. The van der Waals surface area contributed by atoms with Crippen LogP contribution in [0.25, 0.3) is 0 Å². The minimum Gasteiger partial charge on any atom is -0.481 e. The standard InChI is InChI=1S/C14H15Cl2NO4/c15-8-3-7(4-9(16)5-8)1-2-14(17,13(20)21)11-6-10(11)12(18)19/h3-5,10-11H,1-2,6,17H2,(H,18,19)(H,20,21). The predicted octanol–water partition coefficient (Wildman–Crippen LogP) is 2.43. The molecule has 1 aliphatic carbocycles. The molecule has 114 valence electrons. The molecule has 7 heteroatoms. The quantitative estimate of drug-likeness (QED) is 0.743. The molecular weight excluding hydrogens is 317 g/mol. The number of carboxylic acid groups (broad SMARTS) is 2. The Balaban J connectivity index is 2.11. The van der Waals surface area contributed by atoms with Crippen LogP contribution in [0.1, 0.15) is 18.4 Å². The Labute approximate surface area is 131 Å². The van der Waals surface area contributed by atoms with Gasteiger partial charge in [0.1, 0.15) is 5.54 Å². The van der Waals surface area contributed by atoms with Crippen molar-refractivity contribution in [3.8, 4) is 0 Å². The van der Waals surface area contributed by atoms with Gasteiger partial charge in [-0.15, -0.1) is 0 Å². The molecule has 21 heavy (non-hydrogen) atoms. The highest BCUT2D eigenvalue weighted by Crippen LogP contribution is 2.47. The number of hydrogen-bond acceptors (Lipinski definition) is 3. The molecule has 0 heterocycles. The average Bonchev–Trinajstić information content (AvgIpc) is 3.15. The fourth-order valence-electron chi connectivity index (χ4n) is 2.59. The Kier molecular flexibility index (Phi) is 4.46. The number of hydrogen-bond donors (Lipinski definition) is 3. The number of carboxylic acids is 2. The van der Waals surface area contributed by atoms with E-state index in [1.807, 2.05) is 0 Å². The Morgan fingerprint density at radius 2 is 1.81 bits per heavy atom. The molecule has 1 saturated carbocycles. The van der Waals surface area contributed by atoms with E-state index in [1.165, 1.54) is 0 Å². The fourth-order valence-corrected chi connectivity index (χ4v) is 3.17. The SMILES string of the molecule is NC(CCc1cc(Cl)cc(Cl)c1)(C(=O)O)C1CC1C(=O)O. The van der Waals surface area contributed by atoms with Crippen molar-refractivity contribution in [1.82, 2.24) is 0 Å². The second-order valence-electron chi connectivity index (χ2n) is 5.41. The maximum Gasteiger partial charge on any atom is 0.324 e. The predicted molar refractivity (Wildman–Crippen MR) is 78.6 cm³/mol. The van der Waals surface area contributed by atoms with Crippen molar-refractivity contribution < 1.29 is 19.8 Å². The molecule has 1 fully saturated rings. The van der Waals surface area contributed by atoms with Gasteiger partial charge in [0.25, 0.3) is 0 Å². The Morgan fingerprint density at radius 1 is 1.24 bits per heavy atom. The minimum atomic E-state index is -1.54. The van der Waals surface area contributed by atoms with Crippen LogP contribution in [0.2, 0.25) is 10.0 Å². The Morgan fingerprint density at radius 3 is 2.24 bits per heavy atom. The lowest BCUT2D eigenvalue weighted by molar-refractivity contribution is -0.145. The Bertz CT molecular complexity index is 572. The van der Waals surface area contributed by atoms with E-state index in [0.717, 1.165) is 5.56 Å². The molecule has 2 rings (SSSR count). The summed E-state index contributed by atoms with van der Waals surface area (Å²) in [5.41, 5.74) is 5.20. The first-order valence-corrected chi connectivity index (χ1v) is 7.19. The van der Waals surface area contributed by atoms with Crippen LogP contribution < -0.4 is 5.73 Å². The molecule has 0 aliphatic heterocycles. The highest BCUT2D eigenvalue weighted by Gasteiger charge is 2.57. The zero-order valence-corrected chi connectivity index (χ0v) is 12.6. The van der Waals surface area contributed by atoms with Crippen LogP contribution in [-0.2, 0) is 16.0 Å². The number of aryl methyl sites for hydroxylation is 1. The maximum absolute atomic E-state index is 11.5. The lowest BCUT2D eigenvalue weighted by Crippen LogP contribution is -2.51. The van der Waals surface area contributed by atoms with Gasteiger partial charge in [0.05, 0.1) is 5.92 Å². The second-order valence-corrected chi connectivity index (χ2v) is 6.28. The molecule has 4 N–H and O–H groups in total. The van der Waals surface area contributed by atoms with E-state index in [1.54, 1.807) is 18.2 Å². The van der Waals surface area contributed by atoms with Gasteiger partial charge in [-0.3, -0.25) is 9.59 Å². The summed E-state index contributed by atoms with van der Waals surface area (Å²) in [6.45, 7) is 0. The van der Waals surface area contributed by atoms with E-state index in [0.29, 0.717) is 22.9 Å².